The zero-order valence-corrected chi connectivity index (χ0v) is 7.71. The predicted molar refractivity (Wildman–Crippen MR) is 51.8 cm³/mol. The highest BCUT2D eigenvalue weighted by molar-refractivity contribution is 5.57. The van der Waals surface area contributed by atoms with Gasteiger partial charge in [0.2, 0.25) is 0 Å². The van der Waals surface area contributed by atoms with E-state index in [2.05, 4.69) is 4.98 Å². The minimum Gasteiger partial charge on any atom is -0.381 e. The molecule has 1 aromatic rings. The molecule has 0 unspecified atom stereocenters. The zero-order valence-electron chi connectivity index (χ0n) is 7.71. The number of pyridine rings is 1. The maximum atomic E-state index is 10.5. The van der Waals surface area contributed by atoms with Gasteiger partial charge in [0.15, 0.2) is 0 Å². The summed E-state index contributed by atoms with van der Waals surface area (Å²) in [5, 5.41) is 10.5. The Labute approximate surface area is 81.2 Å². The largest absolute Gasteiger partial charge is 0.381 e. The quantitative estimate of drug-likeness (QED) is 0.540. The molecule has 0 aliphatic heterocycles. The molecule has 74 valence electrons. The van der Waals surface area contributed by atoms with E-state index in [0.29, 0.717) is 12.2 Å². The molecule has 0 aliphatic rings. The number of methoxy groups -OCH3 is 1. The lowest BCUT2D eigenvalue weighted by atomic mass is 10.2. The fraction of sp³-hybridized carbons (Fsp3) is 0.222. The minimum atomic E-state index is -0.507. The molecule has 0 amide bonds. The van der Waals surface area contributed by atoms with Crippen molar-refractivity contribution in [3.63, 3.8) is 0 Å². The summed E-state index contributed by atoms with van der Waals surface area (Å²) in [4.78, 5) is 13.7. The monoisotopic (exact) mass is 194 g/mol. The number of ether oxygens (including phenoxy) is 1. The number of nitro groups is 1. The van der Waals surface area contributed by atoms with Crippen LogP contribution in [0.5, 0.6) is 0 Å². The third-order valence-electron chi connectivity index (χ3n) is 1.55. The summed E-state index contributed by atoms with van der Waals surface area (Å²) < 4.78 is 4.79. The van der Waals surface area contributed by atoms with Crippen LogP contribution < -0.4 is 0 Å². The Morgan fingerprint density at radius 3 is 3.14 bits per heavy atom. The van der Waals surface area contributed by atoms with Crippen LogP contribution in [0.3, 0.4) is 0 Å². The van der Waals surface area contributed by atoms with Crippen LogP contribution in [0.2, 0.25) is 0 Å². The Balaban J connectivity index is 2.90. The smallest absolute Gasteiger partial charge is 0.370 e. The third kappa shape index (κ3) is 2.63. The first kappa shape index (κ1) is 10.3. The van der Waals surface area contributed by atoms with Crippen molar-refractivity contribution in [2.45, 2.75) is 0 Å². The van der Waals surface area contributed by atoms with Crippen molar-refractivity contribution in [2.75, 3.05) is 13.7 Å². The van der Waals surface area contributed by atoms with Crippen molar-refractivity contribution in [1.29, 1.82) is 0 Å². The van der Waals surface area contributed by atoms with Crippen LogP contribution in [0.4, 0.5) is 5.82 Å². The van der Waals surface area contributed by atoms with Gasteiger partial charge in [-0.2, -0.15) is 0 Å². The van der Waals surface area contributed by atoms with E-state index in [1.54, 1.807) is 31.4 Å². The lowest BCUT2D eigenvalue weighted by Gasteiger charge is -1.95. The molecule has 0 aromatic carbocycles. The van der Waals surface area contributed by atoms with Gasteiger partial charge in [0.25, 0.3) is 0 Å². The molecule has 0 spiro atoms. The summed E-state index contributed by atoms with van der Waals surface area (Å²) in [6.45, 7) is 0.423. The van der Waals surface area contributed by atoms with Gasteiger partial charge in [-0.25, -0.2) is 0 Å². The van der Waals surface area contributed by atoms with Crippen molar-refractivity contribution in [3.8, 4) is 0 Å². The number of hydrogen-bond donors (Lipinski definition) is 0. The standard InChI is InChI=1S/C9H10N2O3/c1-14-7-3-5-8-4-2-6-10-9(8)11(12)13/h2-6H,7H2,1H3/b5-3+. The maximum absolute atomic E-state index is 10.5. The molecule has 1 rings (SSSR count). The van der Waals surface area contributed by atoms with E-state index in [1.807, 2.05) is 0 Å². The van der Waals surface area contributed by atoms with Gasteiger partial charge in [0, 0.05) is 7.11 Å². The van der Waals surface area contributed by atoms with E-state index >= 15 is 0 Å². The van der Waals surface area contributed by atoms with Crippen molar-refractivity contribution >= 4 is 11.9 Å². The molecule has 0 bridgehead atoms. The first-order valence-electron chi connectivity index (χ1n) is 4.00. The van der Waals surface area contributed by atoms with E-state index in [-0.39, 0.29) is 5.82 Å². The van der Waals surface area contributed by atoms with Crippen LogP contribution in [0.1, 0.15) is 5.56 Å². The van der Waals surface area contributed by atoms with Gasteiger partial charge < -0.3 is 14.9 Å². The highest BCUT2D eigenvalue weighted by Crippen LogP contribution is 2.15. The molecule has 0 N–H and O–H groups in total. The normalized spacial score (nSPS) is 10.6. The summed E-state index contributed by atoms with van der Waals surface area (Å²) in [5.41, 5.74) is 0.481. The Morgan fingerprint density at radius 2 is 2.50 bits per heavy atom. The fourth-order valence-corrected chi connectivity index (χ4v) is 0.963. The van der Waals surface area contributed by atoms with Gasteiger partial charge >= 0.3 is 5.82 Å². The molecule has 0 aliphatic carbocycles. The van der Waals surface area contributed by atoms with E-state index in [1.165, 1.54) is 6.20 Å². The zero-order chi connectivity index (χ0) is 10.4. The number of aromatic nitrogens is 1. The van der Waals surface area contributed by atoms with E-state index < -0.39 is 4.92 Å². The van der Waals surface area contributed by atoms with E-state index in [4.69, 9.17) is 4.74 Å². The first-order valence-corrected chi connectivity index (χ1v) is 4.00. The van der Waals surface area contributed by atoms with Gasteiger partial charge in [-0.15, -0.1) is 0 Å². The summed E-state index contributed by atoms with van der Waals surface area (Å²) in [6, 6.07) is 3.29. The fourth-order valence-electron chi connectivity index (χ4n) is 0.963. The highest BCUT2D eigenvalue weighted by Gasteiger charge is 2.10. The van der Waals surface area contributed by atoms with Crippen LogP contribution in [-0.4, -0.2) is 23.6 Å². The van der Waals surface area contributed by atoms with Crippen LogP contribution in [0.15, 0.2) is 24.4 Å². The lowest BCUT2D eigenvalue weighted by molar-refractivity contribution is -0.389. The number of rotatable bonds is 4. The Bertz CT molecular complexity index is 350. The molecule has 0 radical (unpaired) electrons. The van der Waals surface area contributed by atoms with E-state index in [9.17, 15) is 10.1 Å². The van der Waals surface area contributed by atoms with Gasteiger partial charge in [-0.1, -0.05) is 6.08 Å². The van der Waals surface area contributed by atoms with Gasteiger partial charge in [-0.3, -0.25) is 0 Å². The lowest BCUT2D eigenvalue weighted by Crippen LogP contribution is -1.94. The Kier molecular flexibility index (Phi) is 3.75. The average Bonchev–Trinajstić information content (AvgIpc) is 2.19. The Morgan fingerprint density at radius 1 is 1.71 bits per heavy atom. The summed E-state index contributed by atoms with van der Waals surface area (Å²) in [5.74, 6) is -0.139. The summed E-state index contributed by atoms with van der Waals surface area (Å²) in [7, 11) is 1.56. The first-order chi connectivity index (χ1) is 6.75. The molecule has 0 saturated heterocycles. The molecule has 5 nitrogen and oxygen atoms in total. The SMILES string of the molecule is COC/C=C/c1cccnc1[N+](=O)[O-]. The topological polar surface area (TPSA) is 65.3 Å². The van der Waals surface area contributed by atoms with Crippen molar-refractivity contribution in [2.24, 2.45) is 0 Å². The maximum Gasteiger partial charge on any atom is 0.370 e. The third-order valence-corrected chi connectivity index (χ3v) is 1.55. The number of nitrogens with zero attached hydrogens (tertiary/aromatic N) is 2. The summed E-state index contributed by atoms with van der Waals surface area (Å²) >= 11 is 0. The second kappa shape index (κ2) is 5.08. The van der Waals surface area contributed by atoms with Crippen molar-refractivity contribution in [1.82, 2.24) is 4.98 Å². The van der Waals surface area contributed by atoms with Crippen LogP contribution in [-0.2, 0) is 4.74 Å². The van der Waals surface area contributed by atoms with Crippen molar-refractivity contribution in [3.05, 3.63) is 40.1 Å². The average molecular weight is 194 g/mol. The van der Waals surface area contributed by atoms with Crippen LogP contribution >= 0.6 is 0 Å². The highest BCUT2D eigenvalue weighted by atomic mass is 16.6. The van der Waals surface area contributed by atoms with Gasteiger partial charge in [-0.05, 0) is 28.1 Å². The molecule has 0 fully saturated rings. The Hall–Kier alpha value is -1.75. The van der Waals surface area contributed by atoms with Crippen LogP contribution in [0, 0.1) is 10.1 Å². The summed E-state index contributed by atoms with van der Waals surface area (Å²) in [6.07, 6.45) is 4.71. The minimum absolute atomic E-state index is 0.139. The molecular weight excluding hydrogens is 184 g/mol. The van der Waals surface area contributed by atoms with Gasteiger partial charge in [0.1, 0.15) is 6.20 Å². The molecule has 0 atom stereocenters. The molecular formula is C9H10N2O3. The van der Waals surface area contributed by atoms with E-state index in [0.717, 1.165) is 0 Å². The molecule has 5 heteroatoms. The van der Waals surface area contributed by atoms with Crippen LogP contribution in [0.25, 0.3) is 6.08 Å². The molecule has 14 heavy (non-hydrogen) atoms. The molecule has 0 saturated carbocycles. The second-order valence-corrected chi connectivity index (χ2v) is 2.53. The van der Waals surface area contributed by atoms with Crippen molar-refractivity contribution < 1.29 is 9.66 Å². The second-order valence-electron chi connectivity index (χ2n) is 2.53. The predicted octanol–water partition coefficient (Wildman–Crippen LogP) is 1.65. The van der Waals surface area contributed by atoms with Gasteiger partial charge in [0.05, 0.1) is 12.2 Å². The molecule has 1 heterocycles. The molecule has 1 aromatic heterocycles. The number of hydrogen-bond acceptors (Lipinski definition) is 4.